The summed E-state index contributed by atoms with van der Waals surface area (Å²) in [5, 5.41) is 3.63. The van der Waals surface area contributed by atoms with Gasteiger partial charge >= 0.3 is 0 Å². The highest BCUT2D eigenvalue weighted by Gasteiger charge is 2.23. The van der Waals surface area contributed by atoms with Gasteiger partial charge in [0.15, 0.2) is 0 Å². The Morgan fingerprint density at radius 3 is 2.95 bits per heavy atom. The van der Waals surface area contributed by atoms with E-state index >= 15 is 0 Å². The van der Waals surface area contributed by atoms with Crippen molar-refractivity contribution in [2.24, 2.45) is 11.8 Å². The van der Waals surface area contributed by atoms with Gasteiger partial charge in [-0.15, -0.1) is 0 Å². The van der Waals surface area contributed by atoms with Crippen LogP contribution in [0.3, 0.4) is 0 Å². The van der Waals surface area contributed by atoms with E-state index in [2.05, 4.69) is 36.5 Å². The highest BCUT2D eigenvalue weighted by atomic mass is 16.5. The third-order valence-corrected chi connectivity index (χ3v) is 4.56. The van der Waals surface area contributed by atoms with E-state index in [1.54, 1.807) is 0 Å². The van der Waals surface area contributed by atoms with Gasteiger partial charge in [-0.05, 0) is 42.9 Å². The maximum absolute atomic E-state index is 5.95. The van der Waals surface area contributed by atoms with E-state index < -0.39 is 0 Å². The van der Waals surface area contributed by atoms with Crippen molar-refractivity contribution in [1.82, 2.24) is 5.32 Å². The molecule has 3 rings (SSSR count). The minimum Gasteiger partial charge on any atom is -0.488 e. The van der Waals surface area contributed by atoms with Gasteiger partial charge in [-0.1, -0.05) is 38.0 Å². The molecule has 2 heteroatoms. The first-order valence-corrected chi connectivity index (χ1v) is 7.76. The van der Waals surface area contributed by atoms with Crippen LogP contribution < -0.4 is 10.1 Å². The summed E-state index contributed by atoms with van der Waals surface area (Å²) in [6, 6.07) is 8.41. The third kappa shape index (κ3) is 3.30. The van der Waals surface area contributed by atoms with Gasteiger partial charge in [-0.2, -0.15) is 0 Å². The molecule has 3 unspecified atom stereocenters. The molecule has 1 N–H and O–H groups in total. The van der Waals surface area contributed by atoms with E-state index in [1.165, 1.54) is 37.8 Å². The smallest absolute Gasteiger partial charge is 0.123 e. The fraction of sp³-hybridized carbons (Fsp3) is 0.647. The molecule has 1 aliphatic heterocycles. The van der Waals surface area contributed by atoms with Crippen molar-refractivity contribution < 1.29 is 4.74 Å². The van der Waals surface area contributed by atoms with Gasteiger partial charge in [0, 0.05) is 13.0 Å². The highest BCUT2D eigenvalue weighted by Crippen LogP contribution is 2.29. The molecule has 1 heterocycles. The van der Waals surface area contributed by atoms with Crippen molar-refractivity contribution in [3.63, 3.8) is 0 Å². The van der Waals surface area contributed by atoms with Crippen LogP contribution in [0.4, 0.5) is 0 Å². The zero-order chi connectivity index (χ0) is 13.1. The molecule has 1 aliphatic carbocycles. The summed E-state index contributed by atoms with van der Waals surface area (Å²) >= 11 is 0. The Balaban J connectivity index is 1.40. The van der Waals surface area contributed by atoms with E-state index in [1.807, 2.05) is 0 Å². The minimum absolute atomic E-state index is 0.332. The lowest BCUT2D eigenvalue weighted by atomic mass is 9.82. The average molecular weight is 259 g/mol. The topological polar surface area (TPSA) is 21.3 Å². The molecule has 0 bridgehead atoms. The molecule has 104 valence electrons. The SMILES string of the molecule is CC1CCCC(CNCC2Cc3ccccc3O2)C1. The van der Waals surface area contributed by atoms with Crippen molar-refractivity contribution in [2.75, 3.05) is 13.1 Å². The average Bonchev–Trinajstić information content (AvgIpc) is 2.81. The van der Waals surface area contributed by atoms with Gasteiger partial charge in [-0.25, -0.2) is 0 Å². The molecule has 19 heavy (non-hydrogen) atoms. The van der Waals surface area contributed by atoms with Crippen molar-refractivity contribution >= 4 is 0 Å². The molecular weight excluding hydrogens is 234 g/mol. The lowest BCUT2D eigenvalue weighted by Gasteiger charge is -2.27. The van der Waals surface area contributed by atoms with Crippen molar-refractivity contribution in [1.29, 1.82) is 0 Å². The van der Waals surface area contributed by atoms with Gasteiger partial charge in [0.2, 0.25) is 0 Å². The standard InChI is InChI=1S/C17H25NO/c1-13-5-4-6-14(9-13)11-18-12-16-10-15-7-2-3-8-17(15)19-16/h2-3,7-8,13-14,16,18H,4-6,9-12H2,1H3. The largest absolute Gasteiger partial charge is 0.488 e. The minimum atomic E-state index is 0.332. The van der Waals surface area contributed by atoms with Gasteiger partial charge in [0.25, 0.3) is 0 Å². The Labute approximate surface area is 116 Å². The second kappa shape index (κ2) is 5.96. The van der Waals surface area contributed by atoms with Crippen LogP contribution in [0.25, 0.3) is 0 Å². The first-order valence-electron chi connectivity index (χ1n) is 7.76. The van der Waals surface area contributed by atoms with Crippen LogP contribution >= 0.6 is 0 Å². The molecule has 1 saturated carbocycles. The summed E-state index contributed by atoms with van der Waals surface area (Å²) < 4.78 is 5.95. The molecule has 0 spiro atoms. The Kier molecular flexibility index (Phi) is 4.07. The maximum Gasteiger partial charge on any atom is 0.123 e. The molecule has 0 amide bonds. The van der Waals surface area contributed by atoms with E-state index in [9.17, 15) is 0 Å². The van der Waals surface area contributed by atoms with Crippen LogP contribution in [0.15, 0.2) is 24.3 Å². The van der Waals surface area contributed by atoms with Crippen LogP contribution in [0, 0.1) is 11.8 Å². The third-order valence-electron chi connectivity index (χ3n) is 4.56. The fourth-order valence-corrected chi connectivity index (χ4v) is 3.56. The Bertz CT molecular complexity index is 392. The Hall–Kier alpha value is -1.02. The molecule has 1 fully saturated rings. The number of hydrogen-bond acceptors (Lipinski definition) is 2. The van der Waals surface area contributed by atoms with Crippen LogP contribution in [-0.2, 0) is 6.42 Å². The molecular formula is C17H25NO. The van der Waals surface area contributed by atoms with Gasteiger partial charge in [0.1, 0.15) is 11.9 Å². The van der Waals surface area contributed by atoms with Crippen LogP contribution in [0.2, 0.25) is 0 Å². The fourth-order valence-electron chi connectivity index (χ4n) is 3.56. The van der Waals surface area contributed by atoms with Crippen molar-refractivity contribution in [3.05, 3.63) is 29.8 Å². The van der Waals surface area contributed by atoms with Crippen LogP contribution in [0.1, 0.15) is 38.2 Å². The zero-order valence-corrected chi connectivity index (χ0v) is 11.9. The quantitative estimate of drug-likeness (QED) is 0.894. The first-order chi connectivity index (χ1) is 9.31. The normalized spacial score (nSPS) is 29.8. The van der Waals surface area contributed by atoms with Crippen molar-refractivity contribution in [2.45, 2.75) is 45.1 Å². The van der Waals surface area contributed by atoms with E-state index in [-0.39, 0.29) is 0 Å². The molecule has 0 saturated heterocycles. The van der Waals surface area contributed by atoms with Gasteiger partial charge in [-0.3, -0.25) is 0 Å². The second-order valence-electron chi connectivity index (χ2n) is 6.35. The van der Waals surface area contributed by atoms with E-state index in [4.69, 9.17) is 4.74 Å². The predicted molar refractivity (Wildman–Crippen MR) is 78.6 cm³/mol. The highest BCUT2D eigenvalue weighted by molar-refractivity contribution is 5.37. The molecule has 0 radical (unpaired) electrons. The van der Waals surface area contributed by atoms with Gasteiger partial charge < -0.3 is 10.1 Å². The number of benzene rings is 1. The number of para-hydroxylation sites is 1. The number of nitrogens with one attached hydrogen (secondary N) is 1. The first kappa shape index (κ1) is 13.0. The summed E-state index contributed by atoms with van der Waals surface area (Å²) in [5.41, 5.74) is 1.36. The number of hydrogen-bond donors (Lipinski definition) is 1. The predicted octanol–water partition coefficient (Wildman–Crippen LogP) is 3.41. The zero-order valence-electron chi connectivity index (χ0n) is 11.9. The lowest BCUT2D eigenvalue weighted by Crippen LogP contribution is -2.34. The van der Waals surface area contributed by atoms with Crippen LogP contribution in [0.5, 0.6) is 5.75 Å². The summed E-state index contributed by atoms with van der Waals surface area (Å²) in [4.78, 5) is 0. The molecule has 1 aromatic carbocycles. The Morgan fingerprint density at radius 2 is 2.11 bits per heavy atom. The number of fused-ring (bicyclic) bond motifs is 1. The number of ether oxygens (including phenoxy) is 1. The lowest BCUT2D eigenvalue weighted by molar-refractivity contribution is 0.215. The summed E-state index contributed by atoms with van der Waals surface area (Å²) in [7, 11) is 0. The van der Waals surface area contributed by atoms with E-state index in [0.29, 0.717) is 6.10 Å². The molecule has 3 atom stereocenters. The molecule has 0 aromatic heterocycles. The molecule has 2 aliphatic rings. The maximum atomic E-state index is 5.95. The van der Waals surface area contributed by atoms with Gasteiger partial charge in [0.05, 0.1) is 0 Å². The second-order valence-corrected chi connectivity index (χ2v) is 6.35. The molecule has 1 aromatic rings. The van der Waals surface area contributed by atoms with Crippen LogP contribution in [-0.4, -0.2) is 19.2 Å². The Morgan fingerprint density at radius 1 is 1.21 bits per heavy atom. The van der Waals surface area contributed by atoms with Crippen molar-refractivity contribution in [3.8, 4) is 5.75 Å². The summed E-state index contributed by atoms with van der Waals surface area (Å²) in [6.45, 7) is 4.54. The number of rotatable bonds is 4. The van der Waals surface area contributed by atoms with E-state index in [0.717, 1.165) is 30.6 Å². The summed E-state index contributed by atoms with van der Waals surface area (Å²) in [6.07, 6.45) is 7.04. The monoisotopic (exact) mass is 259 g/mol. The summed E-state index contributed by atoms with van der Waals surface area (Å²) in [5.74, 6) is 2.89. The molecule has 2 nitrogen and oxygen atoms in total.